The number of amides is 2. The molecule has 192 valence electrons. The SMILES string of the molecule is CC(=O)N1c2ccc(-c3ccc(CN4CCCCC4)cc3)cc2[C@H](NC(=O)OC2CCCC2)C[C@@H]1C. The Morgan fingerprint density at radius 1 is 0.944 bits per heavy atom. The highest BCUT2D eigenvalue weighted by molar-refractivity contribution is 5.94. The number of alkyl carbamates (subject to hydrolysis) is 1. The summed E-state index contributed by atoms with van der Waals surface area (Å²) in [7, 11) is 0. The number of fused-ring (bicyclic) bond motifs is 1. The maximum atomic E-state index is 12.7. The minimum atomic E-state index is -0.353. The number of nitrogens with zero attached hydrogens (tertiary/aromatic N) is 2. The molecular formula is C30H39N3O3. The fourth-order valence-electron chi connectivity index (χ4n) is 6.17. The second-order valence-corrected chi connectivity index (χ2v) is 10.8. The van der Waals surface area contributed by atoms with Crippen LogP contribution in [0.4, 0.5) is 10.5 Å². The summed E-state index contributed by atoms with van der Waals surface area (Å²) < 4.78 is 5.69. The maximum absolute atomic E-state index is 12.7. The van der Waals surface area contributed by atoms with E-state index in [0.717, 1.165) is 54.6 Å². The summed E-state index contributed by atoms with van der Waals surface area (Å²) in [5, 5.41) is 3.12. The van der Waals surface area contributed by atoms with Gasteiger partial charge in [0.25, 0.3) is 0 Å². The summed E-state index contributed by atoms with van der Waals surface area (Å²) in [6.07, 6.45) is 8.40. The van der Waals surface area contributed by atoms with Gasteiger partial charge in [-0.25, -0.2) is 4.79 Å². The second kappa shape index (κ2) is 11.0. The molecule has 5 rings (SSSR count). The molecule has 2 amide bonds. The first-order valence-corrected chi connectivity index (χ1v) is 13.7. The molecule has 1 N–H and O–H groups in total. The van der Waals surface area contributed by atoms with Gasteiger partial charge in [0.1, 0.15) is 6.10 Å². The molecule has 0 bridgehead atoms. The predicted molar refractivity (Wildman–Crippen MR) is 143 cm³/mol. The smallest absolute Gasteiger partial charge is 0.407 e. The Morgan fingerprint density at radius 3 is 2.33 bits per heavy atom. The summed E-state index contributed by atoms with van der Waals surface area (Å²) in [5.74, 6) is 0.0190. The van der Waals surface area contributed by atoms with Crippen molar-refractivity contribution in [2.24, 2.45) is 0 Å². The van der Waals surface area contributed by atoms with Crippen molar-refractivity contribution in [3.63, 3.8) is 0 Å². The molecule has 1 saturated carbocycles. The van der Waals surface area contributed by atoms with Gasteiger partial charge in [0, 0.05) is 25.2 Å². The Balaban J connectivity index is 1.37. The number of likely N-dealkylation sites (tertiary alicyclic amines) is 1. The van der Waals surface area contributed by atoms with Crippen LogP contribution in [-0.2, 0) is 16.1 Å². The van der Waals surface area contributed by atoms with Crippen LogP contribution in [0.3, 0.4) is 0 Å². The van der Waals surface area contributed by atoms with Crippen LogP contribution in [-0.4, -0.2) is 42.1 Å². The van der Waals surface area contributed by atoms with E-state index in [1.54, 1.807) is 6.92 Å². The Labute approximate surface area is 215 Å². The van der Waals surface area contributed by atoms with Crippen molar-refractivity contribution in [1.82, 2.24) is 10.2 Å². The lowest BCUT2D eigenvalue weighted by molar-refractivity contribution is -0.117. The zero-order chi connectivity index (χ0) is 25.1. The quantitative estimate of drug-likeness (QED) is 0.544. The molecule has 3 aliphatic rings. The highest BCUT2D eigenvalue weighted by Gasteiger charge is 2.34. The second-order valence-electron chi connectivity index (χ2n) is 10.8. The number of ether oxygens (including phenoxy) is 1. The van der Waals surface area contributed by atoms with Crippen LogP contribution in [0.2, 0.25) is 0 Å². The van der Waals surface area contributed by atoms with Gasteiger partial charge in [-0.3, -0.25) is 9.69 Å². The molecule has 2 aromatic rings. The molecule has 6 heteroatoms. The van der Waals surface area contributed by atoms with E-state index in [-0.39, 0.29) is 30.2 Å². The van der Waals surface area contributed by atoms with Crippen molar-refractivity contribution in [2.75, 3.05) is 18.0 Å². The summed E-state index contributed by atoms with van der Waals surface area (Å²) in [6.45, 7) is 7.03. The van der Waals surface area contributed by atoms with Crippen LogP contribution in [0, 0.1) is 0 Å². The van der Waals surface area contributed by atoms with E-state index in [2.05, 4.69) is 46.6 Å². The summed E-state index contributed by atoms with van der Waals surface area (Å²) in [5.41, 5.74) is 5.41. The molecule has 0 spiro atoms. The molecule has 0 radical (unpaired) electrons. The highest BCUT2D eigenvalue weighted by Crippen LogP contribution is 2.40. The third-order valence-electron chi connectivity index (χ3n) is 8.03. The molecule has 1 saturated heterocycles. The Bertz CT molecular complexity index is 1070. The lowest BCUT2D eigenvalue weighted by Crippen LogP contribution is -2.45. The van der Waals surface area contributed by atoms with E-state index in [1.165, 1.54) is 37.9 Å². The van der Waals surface area contributed by atoms with Crippen molar-refractivity contribution >= 4 is 17.7 Å². The first kappa shape index (κ1) is 24.8. The van der Waals surface area contributed by atoms with Gasteiger partial charge in [0.2, 0.25) is 5.91 Å². The lowest BCUT2D eigenvalue weighted by atomic mass is 9.89. The third kappa shape index (κ3) is 5.59. The molecule has 0 aromatic heterocycles. The van der Waals surface area contributed by atoms with Crippen molar-refractivity contribution in [1.29, 1.82) is 0 Å². The fourth-order valence-corrected chi connectivity index (χ4v) is 6.17. The summed E-state index contributed by atoms with van der Waals surface area (Å²) in [4.78, 5) is 29.6. The average molecular weight is 490 g/mol. The fraction of sp³-hybridized carbons (Fsp3) is 0.533. The number of hydrogen-bond acceptors (Lipinski definition) is 4. The normalized spacial score (nSPS) is 22.8. The standard InChI is InChI=1S/C30H39N3O3/c1-21-18-28(31-30(35)36-26-8-4-5-9-26)27-19-25(14-15-29(27)33(21)22(2)34)24-12-10-23(11-13-24)20-32-16-6-3-7-17-32/h10-15,19,21,26,28H,3-9,16-18,20H2,1-2H3,(H,31,35)/t21-,28+/m0/s1. The molecule has 1 aliphatic carbocycles. The minimum Gasteiger partial charge on any atom is -0.446 e. The van der Waals surface area contributed by atoms with Crippen LogP contribution in [0.1, 0.15) is 82.4 Å². The van der Waals surface area contributed by atoms with E-state index in [1.807, 2.05) is 17.9 Å². The Hall–Kier alpha value is -2.86. The minimum absolute atomic E-state index is 0.00768. The lowest BCUT2D eigenvalue weighted by Gasteiger charge is -2.39. The molecule has 2 atom stereocenters. The van der Waals surface area contributed by atoms with E-state index in [0.29, 0.717) is 6.42 Å². The monoisotopic (exact) mass is 489 g/mol. The number of rotatable bonds is 5. The van der Waals surface area contributed by atoms with E-state index >= 15 is 0 Å². The summed E-state index contributed by atoms with van der Waals surface area (Å²) >= 11 is 0. The van der Waals surface area contributed by atoms with Gasteiger partial charge in [0.15, 0.2) is 0 Å². The highest BCUT2D eigenvalue weighted by atomic mass is 16.6. The van der Waals surface area contributed by atoms with Crippen LogP contribution >= 0.6 is 0 Å². The van der Waals surface area contributed by atoms with Gasteiger partial charge in [-0.15, -0.1) is 0 Å². The van der Waals surface area contributed by atoms with Gasteiger partial charge >= 0.3 is 6.09 Å². The number of carbonyl (C=O) groups excluding carboxylic acids is 2. The van der Waals surface area contributed by atoms with Crippen LogP contribution in [0.5, 0.6) is 0 Å². The molecule has 2 aliphatic heterocycles. The summed E-state index contributed by atoms with van der Waals surface area (Å²) in [6, 6.07) is 14.9. The molecule has 2 heterocycles. The number of piperidine rings is 1. The molecular weight excluding hydrogens is 450 g/mol. The first-order chi connectivity index (χ1) is 17.5. The van der Waals surface area contributed by atoms with Crippen molar-refractivity contribution in [2.45, 2.75) is 89.9 Å². The van der Waals surface area contributed by atoms with Gasteiger partial charge in [-0.05, 0) is 99.3 Å². The maximum Gasteiger partial charge on any atom is 0.407 e. The van der Waals surface area contributed by atoms with Crippen LogP contribution < -0.4 is 10.2 Å². The zero-order valence-corrected chi connectivity index (χ0v) is 21.7. The number of hydrogen-bond donors (Lipinski definition) is 1. The van der Waals surface area contributed by atoms with Gasteiger partial charge in [0.05, 0.1) is 6.04 Å². The van der Waals surface area contributed by atoms with Crippen LogP contribution in [0.25, 0.3) is 11.1 Å². The van der Waals surface area contributed by atoms with Gasteiger partial charge in [-0.1, -0.05) is 36.8 Å². The molecule has 2 aromatic carbocycles. The van der Waals surface area contributed by atoms with Gasteiger partial charge < -0.3 is 15.0 Å². The van der Waals surface area contributed by atoms with Crippen molar-refractivity contribution in [3.8, 4) is 11.1 Å². The van der Waals surface area contributed by atoms with E-state index in [9.17, 15) is 9.59 Å². The van der Waals surface area contributed by atoms with Crippen molar-refractivity contribution < 1.29 is 14.3 Å². The molecule has 36 heavy (non-hydrogen) atoms. The number of carbonyl (C=O) groups is 2. The predicted octanol–water partition coefficient (Wildman–Crippen LogP) is 6.19. The average Bonchev–Trinajstić information content (AvgIpc) is 3.37. The first-order valence-electron chi connectivity index (χ1n) is 13.7. The Kier molecular flexibility index (Phi) is 7.61. The zero-order valence-electron chi connectivity index (χ0n) is 21.7. The number of nitrogens with one attached hydrogen (secondary N) is 1. The largest absolute Gasteiger partial charge is 0.446 e. The molecule has 2 fully saturated rings. The third-order valence-corrected chi connectivity index (χ3v) is 8.03. The van der Waals surface area contributed by atoms with E-state index < -0.39 is 0 Å². The van der Waals surface area contributed by atoms with Gasteiger partial charge in [-0.2, -0.15) is 0 Å². The Morgan fingerprint density at radius 2 is 1.64 bits per heavy atom. The van der Waals surface area contributed by atoms with E-state index in [4.69, 9.17) is 4.74 Å². The topological polar surface area (TPSA) is 61.9 Å². The number of benzene rings is 2. The molecule has 6 nitrogen and oxygen atoms in total. The number of anilines is 1. The van der Waals surface area contributed by atoms with Crippen LogP contribution in [0.15, 0.2) is 42.5 Å². The molecule has 0 unspecified atom stereocenters. The van der Waals surface area contributed by atoms with Crippen molar-refractivity contribution in [3.05, 3.63) is 53.6 Å².